The monoisotopic (exact) mass is 443 g/mol. The topological polar surface area (TPSA) is 66.1 Å². The average Bonchev–Trinajstić information content (AvgIpc) is 3.40. The van der Waals surface area contributed by atoms with Crippen LogP contribution >= 0.6 is 0 Å². The number of fused-ring (bicyclic) bond motifs is 1. The maximum absolute atomic E-state index is 12.8. The first-order chi connectivity index (χ1) is 14.8. The molecule has 31 heavy (non-hydrogen) atoms. The number of aromatic nitrogens is 2. The summed E-state index contributed by atoms with van der Waals surface area (Å²) < 4.78 is 25.6. The number of nitrogens with zero attached hydrogens (tertiary/aromatic N) is 2. The van der Waals surface area contributed by atoms with Crippen molar-refractivity contribution in [1.29, 1.82) is 0 Å². The molecular formula is C25H37N3O2S. The second-order valence-corrected chi connectivity index (χ2v) is 11.3. The number of rotatable bonds is 10. The molecule has 1 aliphatic rings. The third-order valence-corrected chi connectivity index (χ3v) is 8.41. The maximum Gasteiger partial charge on any atom is 0.175 e. The molecule has 0 amide bonds. The molecule has 5 nitrogen and oxygen atoms in total. The number of hydrogen-bond acceptors (Lipinski definition) is 4. The number of aromatic amines is 1. The fourth-order valence-electron chi connectivity index (χ4n) is 4.52. The Morgan fingerprint density at radius 3 is 2.68 bits per heavy atom. The zero-order valence-corrected chi connectivity index (χ0v) is 20.2. The molecule has 2 heterocycles. The van der Waals surface area contributed by atoms with Gasteiger partial charge in [0, 0.05) is 34.6 Å². The van der Waals surface area contributed by atoms with Crippen molar-refractivity contribution in [2.24, 2.45) is 5.92 Å². The summed E-state index contributed by atoms with van der Waals surface area (Å²) in [6, 6.07) is 6.25. The Bertz CT molecular complexity index is 995. The molecule has 0 aromatic carbocycles. The molecule has 170 valence electrons. The lowest BCUT2D eigenvalue weighted by Gasteiger charge is -2.21. The summed E-state index contributed by atoms with van der Waals surface area (Å²) in [5, 5.41) is 1.12. The standard InChI is InChI=1S/C25H37N3O2S/c1-5-22(31(29,30)16-15-28(3)4)13-12-19(2)23(17-20-9-6-7-10-20)24-18-21-11-8-14-26-25(21)27-24/h8,11-14,18,20,23H,5-7,9-10,15-17H2,1-4H3,(H,26,27). The van der Waals surface area contributed by atoms with Crippen molar-refractivity contribution < 1.29 is 8.42 Å². The molecule has 0 aliphatic heterocycles. The maximum atomic E-state index is 12.8. The van der Waals surface area contributed by atoms with Gasteiger partial charge in [0.15, 0.2) is 9.84 Å². The molecule has 2 aromatic heterocycles. The van der Waals surface area contributed by atoms with E-state index in [1.807, 2.05) is 50.3 Å². The minimum atomic E-state index is -3.24. The zero-order valence-electron chi connectivity index (χ0n) is 19.4. The highest BCUT2D eigenvalue weighted by Crippen LogP contribution is 2.38. The first kappa shape index (κ1) is 23.7. The number of sulfone groups is 1. The fourth-order valence-corrected chi connectivity index (χ4v) is 6.10. The molecule has 0 bridgehead atoms. The Morgan fingerprint density at radius 2 is 2.03 bits per heavy atom. The van der Waals surface area contributed by atoms with Gasteiger partial charge in [0.25, 0.3) is 0 Å². The van der Waals surface area contributed by atoms with Crippen LogP contribution in [-0.4, -0.2) is 49.7 Å². The van der Waals surface area contributed by atoms with Crippen molar-refractivity contribution >= 4 is 20.9 Å². The molecule has 1 saturated carbocycles. The van der Waals surface area contributed by atoms with E-state index in [4.69, 9.17) is 0 Å². The van der Waals surface area contributed by atoms with Crippen molar-refractivity contribution in [2.45, 2.75) is 58.3 Å². The number of allylic oxidation sites excluding steroid dienone is 4. The average molecular weight is 444 g/mol. The van der Waals surface area contributed by atoms with Crippen molar-refractivity contribution in [2.75, 3.05) is 26.4 Å². The Morgan fingerprint density at radius 1 is 1.29 bits per heavy atom. The smallest absolute Gasteiger partial charge is 0.175 e. The third-order valence-electron chi connectivity index (χ3n) is 6.47. The van der Waals surface area contributed by atoms with Gasteiger partial charge in [0.05, 0.1) is 5.75 Å². The predicted molar refractivity (Wildman–Crippen MR) is 130 cm³/mol. The lowest BCUT2D eigenvalue weighted by atomic mass is 9.86. The number of nitrogens with one attached hydrogen (secondary N) is 1. The zero-order chi connectivity index (χ0) is 22.4. The Balaban J connectivity index is 1.89. The van der Waals surface area contributed by atoms with Crippen molar-refractivity contribution in [3.8, 4) is 0 Å². The van der Waals surface area contributed by atoms with Gasteiger partial charge in [0.1, 0.15) is 5.65 Å². The van der Waals surface area contributed by atoms with Crippen LogP contribution < -0.4 is 0 Å². The number of pyridine rings is 1. The van der Waals surface area contributed by atoms with Crippen LogP contribution in [0.5, 0.6) is 0 Å². The van der Waals surface area contributed by atoms with E-state index in [1.165, 1.54) is 37.0 Å². The summed E-state index contributed by atoms with van der Waals surface area (Å²) in [4.78, 5) is 10.4. The summed E-state index contributed by atoms with van der Waals surface area (Å²) in [6.07, 6.45) is 12.5. The summed E-state index contributed by atoms with van der Waals surface area (Å²) in [7, 11) is 0.562. The first-order valence-corrected chi connectivity index (χ1v) is 13.1. The van der Waals surface area contributed by atoms with Gasteiger partial charge < -0.3 is 9.88 Å². The second-order valence-electron chi connectivity index (χ2n) is 9.12. The van der Waals surface area contributed by atoms with E-state index >= 15 is 0 Å². The molecule has 6 heteroatoms. The highest BCUT2D eigenvalue weighted by atomic mass is 32.2. The van der Waals surface area contributed by atoms with Crippen LogP contribution in [0.2, 0.25) is 0 Å². The fraction of sp³-hybridized carbons (Fsp3) is 0.560. The van der Waals surface area contributed by atoms with E-state index in [-0.39, 0.29) is 11.7 Å². The van der Waals surface area contributed by atoms with Gasteiger partial charge in [-0.25, -0.2) is 13.4 Å². The summed E-state index contributed by atoms with van der Waals surface area (Å²) in [6.45, 7) is 4.59. The van der Waals surface area contributed by atoms with Gasteiger partial charge in [-0.3, -0.25) is 0 Å². The summed E-state index contributed by atoms with van der Waals surface area (Å²) in [5.41, 5.74) is 3.29. The van der Waals surface area contributed by atoms with E-state index in [9.17, 15) is 8.42 Å². The van der Waals surface area contributed by atoms with Gasteiger partial charge in [0.2, 0.25) is 0 Å². The number of hydrogen-bond donors (Lipinski definition) is 1. The minimum Gasteiger partial charge on any atom is -0.343 e. The Labute approximate surface area is 187 Å². The Hall–Kier alpha value is -1.92. The SMILES string of the molecule is CCC(=CC=C(C)C(CC1CCCC1)c1cc2cccnc2[nH]1)S(=O)(=O)CCN(C)C. The van der Waals surface area contributed by atoms with Crippen LogP contribution in [0.1, 0.15) is 64.0 Å². The first-order valence-electron chi connectivity index (χ1n) is 11.5. The van der Waals surface area contributed by atoms with E-state index in [0.29, 0.717) is 17.9 Å². The molecule has 1 unspecified atom stereocenters. The molecule has 1 atom stereocenters. The largest absolute Gasteiger partial charge is 0.343 e. The van der Waals surface area contributed by atoms with Crippen LogP contribution in [0.15, 0.2) is 47.0 Å². The molecule has 0 saturated heterocycles. The summed E-state index contributed by atoms with van der Waals surface area (Å²) in [5.74, 6) is 1.13. The van der Waals surface area contributed by atoms with Gasteiger partial charge in [-0.1, -0.05) is 44.3 Å². The van der Waals surface area contributed by atoms with Crippen molar-refractivity contribution in [3.05, 3.63) is 52.7 Å². The number of H-pyrrole nitrogens is 1. The lowest BCUT2D eigenvalue weighted by molar-refractivity contribution is 0.432. The normalized spacial score (nSPS) is 17.7. The Kier molecular flexibility index (Phi) is 8.11. The molecular weight excluding hydrogens is 406 g/mol. The van der Waals surface area contributed by atoms with Gasteiger partial charge in [-0.05, 0) is 64.1 Å². The molecule has 1 N–H and O–H groups in total. The van der Waals surface area contributed by atoms with Crippen LogP contribution in [0.4, 0.5) is 0 Å². The van der Waals surface area contributed by atoms with E-state index in [2.05, 4.69) is 29.0 Å². The predicted octanol–water partition coefficient (Wildman–Crippen LogP) is 5.44. The molecule has 0 radical (unpaired) electrons. The van der Waals surface area contributed by atoms with Crippen molar-refractivity contribution in [1.82, 2.24) is 14.9 Å². The van der Waals surface area contributed by atoms with Gasteiger partial charge in [-0.2, -0.15) is 0 Å². The molecule has 2 aromatic rings. The second kappa shape index (κ2) is 10.6. The molecule has 1 fully saturated rings. The highest BCUT2D eigenvalue weighted by molar-refractivity contribution is 7.95. The highest BCUT2D eigenvalue weighted by Gasteiger charge is 2.24. The van der Waals surface area contributed by atoms with Gasteiger partial charge >= 0.3 is 0 Å². The molecule has 3 rings (SSSR count). The van der Waals surface area contributed by atoms with Crippen LogP contribution in [0.25, 0.3) is 11.0 Å². The molecule has 1 aliphatic carbocycles. The van der Waals surface area contributed by atoms with Crippen LogP contribution in [0.3, 0.4) is 0 Å². The van der Waals surface area contributed by atoms with Crippen LogP contribution in [-0.2, 0) is 9.84 Å². The van der Waals surface area contributed by atoms with Crippen LogP contribution in [0, 0.1) is 5.92 Å². The van der Waals surface area contributed by atoms with E-state index < -0.39 is 9.84 Å². The van der Waals surface area contributed by atoms with E-state index in [0.717, 1.165) is 23.4 Å². The minimum absolute atomic E-state index is 0.158. The third kappa shape index (κ3) is 6.30. The lowest BCUT2D eigenvalue weighted by Crippen LogP contribution is -2.22. The quantitative estimate of drug-likeness (QED) is 0.496. The summed E-state index contributed by atoms with van der Waals surface area (Å²) >= 11 is 0. The van der Waals surface area contributed by atoms with Gasteiger partial charge in [-0.15, -0.1) is 0 Å². The molecule has 0 spiro atoms. The van der Waals surface area contributed by atoms with E-state index in [1.54, 1.807) is 0 Å². The van der Waals surface area contributed by atoms with Crippen molar-refractivity contribution in [3.63, 3.8) is 0 Å².